The van der Waals surface area contributed by atoms with E-state index in [1.54, 1.807) is 12.1 Å². The minimum absolute atomic E-state index is 0.0498. The van der Waals surface area contributed by atoms with Gasteiger partial charge < -0.3 is 36.6 Å². The maximum atomic E-state index is 13.2. The van der Waals surface area contributed by atoms with Crippen molar-refractivity contribution < 1.29 is 54.7 Å². The molecule has 0 aliphatic carbocycles. The van der Waals surface area contributed by atoms with E-state index in [1.807, 2.05) is 13.8 Å². The van der Waals surface area contributed by atoms with Gasteiger partial charge in [-0.25, -0.2) is 0 Å². The van der Waals surface area contributed by atoms with E-state index in [0.29, 0.717) is 23.1 Å². The van der Waals surface area contributed by atoms with Crippen molar-refractivity contribution in [2.45, 2.75) is 119 Å². The van der Waals surface area contributed by atoms with Crippen LogP contribution in [0.25, 0.3) is 0 Å². The number of benzene rings is 1. The number of hydrogen-bond donors (Lipinski definition) is 6. The van der Waals surface area contributed by atoms with Gasteiger partial charge in [0.2, 0.25) is 17.7 Å². The second-order valence-corrected chi connectivity index (χ2v) is 14.7. The van der Waals surface area contributed by atoms with Crippen LogP contribution < -0.4 is 21.7 Å². The lowest BCUT2D eigenvalue weighted by molar-refractivity contribution is -0.139. The van der Waals surface area contributed by atoms with Gasteiger partial charge >= 0.3 is 11.9 Å². The number of rotatable bonds is 23. The van der Waals surface area contributed by atoms with E-state index in [0.717, 1.165) is 0 Å². The maximum Gasteiger partial charge on any atom is 0.303 e. The average Bonchev–Trinajstić information content (AvgIpc) is 3.04. The van der Waals surface area contributed by atoms with Crippen LogP contribution in [0.1, 0.15) is 107 Å². The van der Waals surface area contributed by atoms with Gasteiger partial charge in [-0.15, -0.1) is 0 Å². The summed E-state index contributed by atoms with van der Waals surface area (Å²) in [6, 6.07) is 4.08. The van der Waals surface area contributed by atoms with Crippen molar-refractivity contribution >= 4 is 53.4 Å². The molecule has 52 heavy (non-hydrogen) atoms. The Labute approximate surface area is 307 Å². The first kappa shape index (κ1) is 45.4. The molecule has 15 heteroatoms. The lowest BCUT2D eigenvalue weighted by Crippen LogP contribution is -2.46. The molecule has 0 saturated carbocycles. The number of carboxylic acid groups (broad SMARTS) is 2. The van der Waals surface area contributed by atoms with E-state index in [-0.39, 0.29) is 57.6 Å². The summed E-state index contributed by atoms with van der Waals surface area (Å²) >= 11 is 0. The van der Waals surface area contributed by atoms with Crippen LogP contribution in [0.4, 0.5) is 5.69 Å². The van der Waals surface area contributed by atoms with Crippen molar-refractivity contribution in [1.82, 2.24) is 10.6 Å². The third-order valence-corrected chi connectivity index (χ3v) is 7.28. The first-order valence-electron chi connectivity index (χ1n) is 17.8. The molecule has 1 aromatic carbocycles. The molecule has 1 aromatic rings. The molecule has 1 rings (SSSR count). The lowest BCUT2D eigenvalue weighted by atomic mass is 9.89. The molecule has 0 aliphatic heterocycles. The van der Waals surface area contributed by atoms with Crippen LogP contribution in [0.2, 0.25) is 0 Å². The fourth-order valence-corrected chi connectivity index (χ4v) is 4.67. The molecule has 0 radical (unpaired) electrons. The summed E-state index contributed by atoms with van der Waals surface area (Å²) in [5.74, 6) is -6.63. The van der Waals surface area contributed by atoms with Crippen molar-refractivity contribution in [2.24, 2.45) is 28.9 Å². The van der Waals surface area contributed by atoms with E-state index in [2.05, 4.69) is 48.4 Å². The van der Waals surface area contributed by atoms with Crippen molar-refractivity contribution in [2.75, 3.05) is 11.9 Å². The third-order valence-electron chi connectivity index (χ3n) is 7.28. The minimum Gasteiger partial charge on any atom is -0.481 e. The molecule has 292 valence electrons. The number of carboxylic acids is 2. The van der Waals surface area contributed by atoms with E-state index in [4.69, 9.17) is 12.2 Å². The third kappa shape index (κ3) is 22.9. The fraction of sp³-hybridized carbons (Fsp3) is 0.622. The molecule has 0 aliphatic rings. The topological polar surface area (TPSA) is 248 Å². The summed E-state index contributed by atoms with van der Waals surface area (Å²) in [6.45, 7) is 13.6. The van der Waals surface area contributed by atoms with Crippen molar-refractivity contribution in [1.29, 1.82) is 0 Å². The van der Waals surface area contributed by atoms with Crippen molar-refractivity contribution in [3.8, 4) is 0 Å². The fourth-order valence-electron chi connectivity index (χ4n) is 4.67. The Bertz CT molecular complexity index is 1390. The normalized spacial score (nSPS) is 13.5. The van der Waals surface area contributed by atoms with Gasteiger partial charge in [-0.1, -0.05) is 53.7 Å². The Hall–Kier alpha value is -4.66. The summed E-state index contributed by atoms with van der Waals surface area (Å²) < 4.78 is 11.4. The van der Waals surface area contributed by atoms with Crippen LogP contribution in [0.3, 0.4) is 0 Å². The Morgan fingerprint density at radius 3 is 1.88 bits per heavy atom. The predicted molar refractivity (Wildman–Crippen MR) is 194 cm³/mol. The Kier molecular flexibility index (Phi) is 21.4. The summed E-state index contributed by atoms with van der Waals surface area (Å²) in [4.78, 5) is 96.9. The quantitative estimate of drug-likeness (QED) is 0.0883. The monoisotopic (exact) mass is 735 g/mol. The number of nitrogens with two attached hydrogens (primary N) is 1. The zero-order valence-corrected chi connectivity index (χ0v) is 31.4. The molecule has 1 unspecified atom stereocenters. The van der Waals surface area contributed by atoms with Crippen LogP contribution in [0, 0.1) is 23.2 Å². The van der Waals surface area contributed by atoms with Crippen LogP contribution in [-0.2, 0) is 49.7 Å². The van der Waals surface area contributed by atoms with Crippen LogP contribution in [0.5, 0.6) is 0 Å². The zero-order chi connectivity index (χ0) is 40.9. The first-order chi connectivity index (χ1) is 24.5. The van der Waals surface area contributed by atoms with Gasteiger partial charge in [0.25, 0.3) is 6.45 Å². The van der Waals surface area contributed by atoms with Gasteiger partial charge in [0.15, 0.2) is 12.9 Å². The van der Waals surface area contributed by atoms with E-state index in [9.17, 15) is 43.5 Å². The SMILES string of the molecule is CC(C)(C)C.[2H]C(=O)OCc1ccc(NC(=O)[C@H](CCC(=O)O)CC(=O)[C@H](C)NC(=O)[C@H](CCC(=O)C(CN)NC(=O)CCC(=O)O)CC(C)C)cc1. The largest absolute Gasteiger partial charge is 0.481 e. The van der Waals surface area contributed by atoms with Gasteiger partial charge in [-0.3, -0.25) is 38.4 Å². The molecule has 0 aromatic heterocycles. The first-order valence-corrected chi connectivity index (χ1v) is 17.3. The van der Waals surface area contributed by atoms with Gasteiger partial charge in [0, 0.05) is 49.8 Å². The maximum absolute atomic E-state index is 13.2. The Morgan fingerprint density at radius 2 is 1.38 bits per heavy atom. The van der Waals surface area contributed by atoms with Gasteiger partial charge in [0.1, 0.15) is 6.61 Å². The number of ketones is 2. The Morgan fingerprint density at radius 1 is 0.827 bits per heavy atom. The Balaban J connectivity index is 0.00000504. The van der Waals surface area contributed by atoms with E-state index < -0.39 is 78.0 Å². The standard InChI is InChI=1S/C32H46N4O11.C5H12/c1-19(2)14-22(6-10-26(38)25(16-33)36-28(40)11-13-30(43)44)31(45)34-20(3)27(39)15-23(7-12-29(41)42)32(46)35-24-8-4-21(5-9-24)17-47-18-37;1-5(2,3)4/h4-5,8-9,18-20,22-23,25H,6-7,10-17,33H2,1-3H3,(H,34,45)(H,35,46)(H,36,40)(H,41,42)(H,43,44);1-4H3/t20-,22+,23+,25?;/m0./s1/i18D;. The predicted octanol–water partition coefficient (Wildman–Crippen LogP) is 3.62. The van der Waals surface area contributed by atoms with Crippen molar-refractivity contribution in [3.05, 3.63) is 29.8 Å². The number of carbonyl (C=O) groups excluding carboxylic acids is 6. The molecular formula is C37H58N4O11. The number of hydrogen-bond acceptors (Lipinski definition) is 10. The summed E-state index contributed by atoms with van der Waals surface area (Å²) in [5.41, 5.74) is 7.05. The highest BCUT2D eigenvalue weighted by atomic mass is 16.5. The summed E-state index contributed by atoms with van der Waals surface area (Å²) in [7, 11) is 0. The van der Waals surface area contributed by atoms with Crippen LogP contribution in [0.15, 0.2) is 24.3 Å². The molecule has 0 bridgehead atoms. The number of ether oxygens (including phenoxy) is 1. The molecule has 15 nitrogen and oxygen atoms in total. The highest BCUT2D eigenvalue weighted by Gasteiger charge is 2.29. The molecule has 4 atom stereocenters. The van der Waals surface area contributed by atoms with Crippen molar-refractivity contribution in [3.63, 3.8) is 0 Å². The average molecular weight is 736 g/mol. The molecular weight excluding hydrogens is 676 g/mol. The smallest absolute Gasteiger partial charge is 0.303 e. The van der Waals surface area contributed by atoms with Gasteiger partial charge in [0.05, 0.1) is 18.5 Å². The van der Waals surface area contributed by atoms with E-state index in [1.165, 1.54) is 19.1 Å². The number of anilines is 1. The molecule has 0 heterocycles. The summed E-state index contributed by atoms with van der Waals surface area (Å²) in [5, 5.41) is 25.6. The lowest BCUT2D eigenvalue weighted by Gasteiger charge is -2.23. The second kappa shape index (κ2) is 24.5. The summed E-state index contributed by atoms with van der Waals surface area (Å²) in [6.07, 6.45) is -2.42. The van der Waals surface area contributed by atoms with Crippen LogP contribution >= 0.6 is 0 Å². The minimum atomic E-state index is -1.19. The molecule has 3 amide bonds. The number of nitrogens with one attached hydrogen (secondary N) is 3. The highest BCUT2D eigenvalue weighted by Crippen LogP contribution is 2.21. The van der Waals surface area contributed by atoms with E-state index >= 15 is 0 Å². The highest BCUT2D eigenvalue weighted by molar-refractivity contribution is 5.97. The number of Topliss-reactive ketones (excluding diaryl/α,β-unsaturated/α-hetero) is 2. The molecule has 0 saturated heterocycles. The second-order valence-electron chi connectivity index (χ2n) is 14.7. The number of aliphatic carboxylic acids is 2. The molecule has 0 fully saturated rings. The number of amides is 3. The van der Waals surface area contributed by atoms with Gasteiger partial charge in [-0.2, -0.15) is 0 Å². The van der Waals surface area contributed by atoms with Gasteiger partial charge in [-0.05, 0) is 55.2 Å². The number of carbonyl (C=O) groups is 8. The zero-order valence-electron chi connectivity index (χ0n) is 32.4. The molecule has 0 spiro atoms. The molecule has 7 N–H and O–H groups in total. The van der Waals surface area contributed by atoms with Crippen LogP contribution in [-0.4, -0.2) is 76.5 Å².